The number of aliphatic imine (C=N–C) groups is 1. The number of benzene rings is 1. The predicted octanol–water partition coefficient (Wildman–Crippen LogP) is 2.38. The van der Waals surface area contributed by atoms with Gasteiger partial charge in [0.05, 0.1) is 11.9 Å². The van der Waals surface area contributed by atoms with Crippen LogP contribution in [0.2, 0.25) is 0 Å². The second-order valence-corrected chi connectivity index (χ2v) is 3.51. The van der Waals surface area contributed by atoms with Gasteiger partial charge in [-0.2, -0.15) is 0 Å². The molecule has 1 aromatic rings. The molecule has 0 spiro atoms. The Morgan fingerprint density at radius 1 is 1.36 bits per heavy atom. The molecule has 0 aromatic heterocycles. The maximum Gasteiger partial charge on any atom is 0.0937 e. The quantitative estimate of drug-likeness (QED) is 0.574. The van der Waals surface area contributed by atoms with Crippen molar-refractivity contribution in [2.75, 3.05) is 0 Å². The molecule has 0 saturated heterocycles. The molecule has 0 aliphatic heterocycles. The van der Waals surface area contributed by atoms with Gasteiger partial charge in [0.1, 0.15) is 0 Å². The van der Waals surface area contributed by atoms with E-state index >= 15 is 0 Å². The summed E-state index contributed by atoms with van der Waals surface area (Å²) in [4.78, 5) is 4.39. The fourth-order valence-electron chi connectivity index (χ4n) is 1.38. The first-order valence-electron chi connectivity index (χ1n) is 5.08. The van der Waals surface area contributed by atoms with Crippen molar-refractivity contribution >= 4 is 5.84 Å². The average Bonchev–Trinajstić information content (AvgIpc) is 2.19. The Labute approximate surface area is 85.9 Å². The molecule has 0 heterocycles. The molecular weight excluding hydrogens is 172 g/mol. The second kappa shape index (κ2) is 5.43. The number of hydrogen-bond acceptors (Lipinski definition) is 1. The molecule has 1 aromatic carbocycles. The third-order valence-corrected chi connectivity index (χ3v) is 2.12. The molecule has 0 aliphatic rings. The van der Waals surface area contributed by atoms with Gasteiger partial charge in [-0.25, -0.2) is 0 Å². The van der Waals surface area contributed by atoms with Crippen molar-refractivity contribution in [3.8, 4) is 0 Å². The van der Waals surface area contributed by atoms with Crippen LogP contribution < -0.4 is 5.73 Å². The molecule has 0 saturated carbocycles. The Balaban J connectivity index is 2.53. The van der Waals surface area contributed by atoms with Gasteiger partial charge < -0.3 is 5.73 Å². The lowest BCUT2D eigenvalue weighted by molar-refractivity contribution is 0.736. The van der Waals surface area contributed by atoms with E-state index in [2.05, 4.69) is 36.2 Å². The zero-order chi connectivity index (χ0) is 10.4. The van der Waals surface area contributed by atoms with Crippen molar-refractivity contribution in [2.45, 2.75) is 32.7 Å². The average molecular weight is 190 g/mol. The van der Waals surface area contributed by atoms with Crippen LogP contribution in [0.5, 0.6) is 0 Å². The SMILES string of the molecule is CCC(N)=NC(C)Cc1ccccc1. The van der Waals surface area contributed by atoms with Crippen LogP contribution in [-0.2, 0) is 6.42 Å². The summed E-state index contributed by atoms with van der Waals surface area (Å²) in [6, 6.07) is 10.6. The van der Waals surface area contributed by atoms with Gasteiger partial charge >= 0.3 is 0 Å². The summed E-state index contributed by atoms with van der Waals surface area (Å²) in [5.41, 5.74) is 6.99. The first-order chi connectivity index (χ1) is 6.72. The van der Waals surface area contributed by atoms with Gasteiger partial charge in [-0.3, -0.25) is 4.99 Å². The van der Waals surface area contributed by atoms with Gasteiger partial charge in [0, 0.05) is 6.42 Å². The molecule has 0 fully saturated rings. The van der Waals surface area contributed by atoms with Crippen molar-refractivity contribution in [1.29, 1.82) is 0 Å². The van der Waals surface area contributed by atoms with Gasteiger partial charge in [0.15, 0.2) is 0 Å². The van der Waals surface area contributed by atoms with Gasteiger partial charge in [0.25, 0.3) is 0 Å². The Morgan fingerprint density at radius 3 is 2.57 bits per heavy atom. The van der Waals surface area contributed by atoms with Crippen molar-refractivity contribution in [3.05, 3.63) is 35.9 Å². The van der Waals surface area contributed by atoms with Gasteiger partial charge in [0.2, 0.25) is 0 Å². The normalized spacial score (nSPS) is 14.0. The summed E-state index contributed by atoms with van der Waals surface area (Å²) in [6.45, 7) is 4.11. The summed E-state index contributed by atoms with van der Waals surface area (Å²) in [5.74, 6) is 0.744. The molecule has 0 radical (unpaired) electrons. The summed E-state index contributed by atoms with van der Waals surface area (Å²) in [5, 5.41) is 0. The molecule has 2 heteroatoms. The third-order valence-electron chi connectivity index (χ3n) is 2.12. The number of nitrogens with zero attached hydrogens (tertiary/aromatic N) is 1. The molecule has 14 heavy (non-hydrogen) atoms. The summed E-state index contributed by atoms with van der Waals surface area (Å²) >= 11 is 0. The molecule has 1 atom stereocenters. The Hall–Kier alpha value is -1.31. The topological polar surface area (TPSA) is 38.4 Å². The largest absolute Gasteiger partial charge is 0.387 e. The van der Waals surface area contributed by atoms with E-state index in [9.17, 15) is 0 Å². The number of nitrogens with two attached hydrogens (primary N) is 1. The van der Waals surface area contributed by atoms with Crippen LogP contribution in [0.1, 0.15) is 25.8 Å². The summed E-state index contributed by atoms with van der Waals surface area (Å²) in [6.07, 6.45) is 1.79. The Kier molecular flexibility index (Phi) is 4.17. The molecule has 0 amide bonds. The highest BCUT2D eigenvalue weighted by Gasteiger charge is 2.01. The summed E-state index contributed by atoms with van der Waals surface area (Å²) < 4.78 is 0. The van der Waals surface area contributed by atoms with Crippen LogP contribution in [0.4, 0.5) is 0 Å². The second-order valence-electron chi connectivity index (χ2n) is 3.51. The minimum atomic E-state index is 0.275. The van der Waals surface area contributed by atoms with Gasteiger partial charge in [-0.1, -0.05) is 37.3 Å². The number of amidine groups is 1. The van der Waals surface area contributed by atoms with Crippen molar-refractivity contribution < 1.29 is 0 Å². The molecule has 2 nitrogen and oxygen atoms in total. The van der Waals surface area contributed by atoms with Crippen LogP contribution in [0.15, 0.2) is 35.3 Å². The fourth-order valence-corrected chi connectivity index (χ4v) is 1.38. The zero-order valence-electron chi connectivity index (χ0n) is 8.90. The minimum Gasteiger partial charge on any atom is -0.387 e. The van der Waals surface area contributed by atoms with Crippen LogP contribution in [0, 0.1) is 0 Å². The fraction of sp³-hybridized carbons (Fsp3) is 0.417. The first kappa shape index (κ1) is 10.8. The zero-order valence-corrected chi connectivity index (χ0v) is 8.90. The molecule has 2 N–H and O–H groups in total. The lowest BCUT2D eigenvalue weighted by Gasteiger charge is -2.07. The van der Waals surface area contributed by atoms with Gasteiger partial charge in [-0.15, -0.1) is 0 Å². The van der Waals surface area contributed by atoms with Crippen LogP contribution >= 0.6 is 0 Å². The third kappa shape index (κ3) is 3.60. The van der Waals surface area contributed by atoms with E-state index in [1.165, 1.54) is 5.56 Å². The van der Waals surface area contributed by atoms with E-state index in [-0.39, 0.29) is 6.04 Å². The smallest absolute Gasteiger partial charge is 0.0937 e. The van der Waals surface area contributed by atoms with Crippen molar-refractivity contribution in [3.63, 3.8) is 0 Å². The number of hydrogen-bond donors (Lipinski definition) is 1. The van der Waals surface area contributed by atoms with Crippen LogP contribution in [0.25, 0.3) is 0 Å². The monoisotopic (exact) mass is 190 g/mol. The van der Waals surface area contributed by atoms with E-state index in [0.29, 0.717) is 0 Å². The highest BCUT2D eigenvalue weighted by Crippen LogP contribution is 2.05. The number of rotatable bonds is 4. The molecule has 1 unspecified atom stereocenters. The predicted molar refractivity (Wildman–Crippen MR) is 61.5 cm³/mol. The highest BCUT2D eigenvalue weighted by atomic mass is 14.9. The van der Waals surface area contributed by atoms with E-state index < -0.39 is 0 Å². The molecule has 0 aliphatic carbocycles. The van der Waals surface area contributed by atoms with Crippen LogP contribution in [-0.4, -0.2) is 11.9 Å². The Morgan fingerprint density at radius 2 is 2.00 bits per heavy atom. The molecule has 1 rings (SSSR count). The van der Waals surface area contributed by atoms with Crippen LogP contribution in [0.3, 0.4) is 0 Å². The minimum absolute atomic E-state index is 0.275. The Bertz CT molecular complexity index is 290. The molecule has 0 bridgehead atoms. The van der Waals surface area contributed by atoms with E-state index in [4.69, 9.17) is 5.73 Å². The maximum atomic E-state index is 5.68. The van der Waals surface area contributed by atoms with Crippen molar-refractivity contribution in [1.82, 2.24) is 0 Å². The van der Waals surface area contributed by atoms with E-state index in [1.54, 1.807) is 0 Å². The molecule has 76 valence electrons. The summed E-state index contributed by atoms with van der Waals surface area (Å²) in [7, 11) is 0. The standard InChI is InChI=1S/C12H18N2/c1-3-12(13)14-10(2)9-11-7-5-4-6-8-11/h4-8,10H,3,9H2,1-2H3,(H2,13,14). The van der Waals surface area contributed by atoms with Crippen molar-refractivity contribution in [2.24, 2.45) is 10.7 Å². The lowest BCUT2D eigenvalue weighted by atomic mass is 10.1. The van der Waals surface area contributed by atoms with E-state index in [1.807, 2.05) is 13.0 Å². The highest BCUT2D eigenvalue weighted by molar-refractivity contribution is 5.80. The van der Waals surface area contributed by atoms with Gasteiger partial charge in [-0.05, 0) is 18.9 Å². The lowest BCUT2D eigenvalue weighted by Crippen LogP contribution is -2.15. The maximum absolute atomic E-state index is 5.68. The molecular formula is C12H18N2. The van der Waals surface area contributed by atoms with E-state index in [0.717, 1.165) is 18.7 Å². The first-order valence-corrected chi connectivity index (χ1v) is 5.08.